The SMILES string of the molecule is COc1nc2c(c(-c3ccccc3)c1C#N)CCC/C2=C\c1ccccc1. The molecule has 3 nitrogen and oxygen atoms in total. The van der Waals surface area contributed by atoms with Crippen LogP contribution in [0.2, 0.25) is 0 Å². The van der Waals surface area contributed by atoms with Gasteiger partial charge in [0, 0.05) is 5.56 Å². The fraction of sp³-hybridized carbons (Fsp3) is 0.167. The van der Waals surface area contributed by atoms with Crippen molar-refractivity contribution in [2.45, 2.75) is 19.3 Å². The van der Waals surface area contributed by atoms with Crippen molar-refractivity contribution in [1.29, 1.82) is 5.26 Å². The molecule has 0 saturated carbocycles. The lowest BCUT2D eigenvalue weighted by molar-refractivity contribution is 0.395. The van der Waals surface area contributed by atoms with E-state index in [-0.39, 0.29) is 0 Å². The fourth-order valence-electron chi connectivity index (χ4n) is 3.75. The lowest BCUT2D eigenvalue weighted by atomic mass is 9.84. The summed E-state index contributed by atoms with van der Waals surface area (Å²) >= 11 is 0. The van der Waals surface area contributed by atoms with E-state index in [4.69, 9.17) is 9.72 Å². The van der Waals surface area contributed by atoms with E-state index in [9.17, 15) is 5.26 Å². The van der Waals surface area contributed by atoms with E-state index >= 15 is 0 Å². The van der Waals surface area contributed by atoms with Gasteiger partial charge in [-0.15, -0.1) is 0 Å². The molecule has 3 aromatic rings. The first-order valence-electron chi connectivity index (χ1n) is 9.14. The van der Waals surface area contributed by atoms with Crippen LogP contribution in [0, 0.1) is 11.3 Å². The first kappa shape index (κ1) is 17.1. The lowest BCUT2D eigenvalue weighted by Gasteiger charge is -2.23. The van der Waals surface area contributed by atoms with Crippen molar-refractivity contribution in [2.75, 3.05) is 7.11 Å². The van der Waals surface area contributed by atoms with Crippen molar-refractivity contribution in [2.24, 2.45) is 0 Å². The number of pyridine rings is 1. The molecule has 0 saturated heterocycles. The van der Waals surface area contributed by atoms with E-state index in [1.165, 1.54) is 5.57 Å². The Morgan fingerprint density at radius 3 is 2.37 bits per heavy atom. The summed E-state index contributed by atoms with van der Waals surface area (Å²) < 4.78 is 5.50. The van der Waals surface area contributed by atoms with Gasteiger partial charge in [-0.3, -0.25) is 0 Å². The van der Waals surface area contributed by atoms with Crippen molar-refractivity contribution in [3.8, 4) is 23.1 Å². The minimum Gasteiger partial charge on any atom is -0.480 e. The summed E-state index contributed by atoms with van der Waals surface area (Å²) in [7, 11) is 1.58. The van der Waals surface area contributed by atoms with Gasteiger partial charge in [-0.2, -0.15) is 5.26 Å². The van der Waals surface area contributed by atoms with Crippen molar-refractivity contribution < 1.29 is 4.74 Å². The average molecular weight is 352 g/mol. The maximum absolute atomic E-state index is 9.81. The Labute approximate surface area is 159 Å². The number of rotatable bonds is 3. The second-order valence-electron chi connectivity index (χ2n) is 6.61. The molecule has 1 aromatic heterocycles. The first-order valence-corrected chi connectivity index (χ1v) is 9.14. The van der Waals surface area contributed by atoms with Crippen molar-refractivity contribution in [3.05, 3.63) is 83.0 Å². The average Bonchev–Trinajstić information content (AvgIpc) is 2.74. The Hall–Kier alpha value is -3.38. The Morgan fingerprint density at radius 1 is 1.00 bits per heavy atom. The van der Waals surface area contributed by atoms with Crippen LogP contribution in [0.1, 0.15) is 35.2 Å². The predicted molar refractivity (Wildman–Crippen MR) is 108 cm³/mol. The van der Waals surface area contributed by atoms with Gasteiger partial charge in [-0.25, -0.2) is 4.98 Å². The number of aromatic nitrogens is 1. The number of benzene rings is 2. The van der Waals surface area contributed by atoms with Gasteiger partial charge >= 0.3 is 0 Å². The molecule has 0 unspecified atom stereocenters. The molecule has 3 heteroatoms. The van der Waals surface area contributed by atoms with Crippen LogP contribution in [0.25, 0.3) is 22.8 Å². The molecule has 2 aromatic carbocycles. The zero-order valence-corrected chi connectivity index (χ0v) is 15.3. The Morgan fingerprint density at radius 2 is 1.70 bits per heavy atom. The van der Waals surface area contributed by atoms with Gasteiger partial charge in [0.15, 0.2) is 0 Å². The van der Waals surface area contributed by atoms with Crippen LogP contribution in [-0.2, 0) is 6.42 Å². The number of hydrogen-bond donors (Lipinski definition) is 0. The summed E-state index contributed by atoms with van der Waals surface area (Å²) in [6.07, 6.45) is 5.13. The maximum atomic E-state index is 9.81. The third-order valence-corrected chi connectivity index (χ3v) is 4.95. The van der Waals surface area contributed by atoms with E-state index in [1.807, 2.05) is 48.5 Å². The van der Waals surface area contributed by atoms with Gasteiger partial charge in [0.25, 0.3) is 0 Å². The van der Waals surface area contributed by atoms with Crippen molar-refractivity contribution >= 4 is 11.6 Å². The largest absolute Gasteiger partial charge is 0.480 e. The van der Waals surface area contributed by atoms with Gasteiger partial charge in [0.05, 0.1) is 12.8 Å². The molecule has 1 aliphatic rings. The molecular formula is C24H20N2O. The summed E-state index contributed by atoms with van der Waals surface area (Å²) in [6.45, 7) is 0. The van der Waals surface area contributed by atoms with Crippen LogP contribution >= 0.6 is 0 Å². The summed E-state index contributed by atoms with van der Waals surface area (Å²) in [5.41, 5.74) is 6.97. The maximum Gasteiger partial charge on any atom is 0.232 e. The Bertz CT molecular complexity index is 1030. The zero-order chi connectivity index (χ0) is 18.6. The molecule has 0 spiro atoms. The molecule has 0 N–H and O–H groups in total. The molecule has 27 heavy (non-hydrogen) atoms. The van der Waals surface area contributed by atoms with Crippen LogP contribution in [0.3, 0.4) is 0 Å². The quantitative estimate of drug-likeness (QED) is 0.625. The monoisotopic (exact) mass is 352 g/mol. The van der Waals surface area contributed by atoms with Crippen LogP contribution in [0.15, 0.2) is 60.7 Å². The van der Waals surface area contributed by atoms with Gasteiger partial charge in [0.1, 0.15) is 11.6 Å². The number of methoxy groups -OCH3 is 1. The smallest absolute Gasteiger partial charge is 0.232 e. The molecule has 1 heterocycles. The molecule has 132 valence electrons. The predicted octanol–water partition coefficient (Wildman–Crippen LogP) is 5.51. The van der Waals surface area contributed by atoms with Gasteiger partial charge in [0.2, 0.25) is 5.88 Å². The minimum atomic E-state index is 0.399. The number of allylic oxidation sites excluding steroid dienone is 1. The molecule has 1 aliphatic carbocycles. The second kappa shape index (κ2) is 7.47. The van der Waals surface area contributed by atoms with Crippen molar-refractivity contribution in [3.63, 3.8) is 0 Å². The number of nitriles is 1. The fourth-order valence-corrected chi connectivity index (χ4v) is 3.75. The van der Waals surface area contributed by atoms with E-state index in [0.29, 0.717) is 11.4 Å². The summed E-state index contributed by atoms with van der Waals surface area (Å²) in [5, 5.41) is 9.81. The Balaban J connectivity index is 1.98. The standard InChI is InChI=1S/C24H20N2O/c1-27-24-21(16-25)22(18-11-6-3-7-12-18)20-14-8-13-19(23(20)26-24)15-17-9-4-2-5-10-17/h2-7,9-12,15H,8,13-14H2,1H3/b19-15+. The highest BCUT2D eigenvalue weighted by Gasteiger charge is 2.25. The summed E-state index contributed by atoms with van der Waals surface area (Å²) in [5.74, 6) is 0.399. The number of hydrogen-bond acceptors (Lipinski definition) is 3. The molecule has 0 radical (unpaired) electrons. The van der Waals surface area contributed by atoms with E-state index in [1.54, 1.807) is 7.11 Å². The molecule has 0 bridgehead atoms. The highest BCUT2D eigenvalue weighted by Crippen LogP contribution is 2.41. The van der Waals surface area contributed by atoms with Crippen molar-refractivity contribution in [1.82, 2.24) is 4.98 Å². The highest BCUT2D eigenvalue weighted by molar-refractivity contribution is 5.87. The topological polar surface area (TPSA) is 45.9 Å². The van der Waals surface area contributed by atoms with Crippen LogP contribution < -0.4 is 4.74 Å². The highest BCUT2D eigenvalue weighted by atomic mass is 16.5. The summed E-state index contributed by atoms with van der Waals surface area (Å²) in [6, 6.07) is 22.7. The number of nitrogens with zero attached hydrogens (tertiary/aromatic N) is 2. The molecule has 0 aliphatic heterocycles. The van der Waals surface area contributed by atoms with E-state index < -0.39 is 0 Å². The molecular weight excluding hydrogens is 332 g/mol. The first-order chi connectivity index (χ1) is 13.3. The lowest BCUT2D eigenvalue weighted by Crippen LogP contribution is -2.10. The number of fused-ring (bicyclic) bond motifs is 1. The van der Waals surface area contributed by atoms with Gasteiger partial charge in [-0.1, -0.05) is 60.7 Å². The molecule has 0 atom stereocenters. The Kier molecular flexibility index (Phi) is 4.72. The molecule has 0 fully saturated rings. The molecule has 4 rings (SSSR count). The summed E-state index contributed by atoms with van der Waals surface area (Å²) in [4.78, 5) is 4.75. The van der Waals surface area contributed by atoms with Crippen LogP contribution in [-0.4, -0.2) is 12.1 Å². The number of ether oxygens (including phenoxy) is 1. The third-order valence-electron chi connectivity index (χ3n) is 4.95. The minimum absolute atomic E-state index is 0.399. The normalized spacial score (nSPS) is 14.4. The second-order valence-corrected chi connectivity index (χ2v) is 6.61. The van der Waals surface area contributed by atoms with E-state index in [0.717, 1.165) is 47.2 Å². The van der Waals surface area contributed by atoms with Crippen LogP contribution in [0.5, 0.6) is 5.88 Å². The van der Waals surface area contributed by atoms with Crippen LogP contribution in [0.4, 0.5) is 0 Å². The molecule has 0 amide bonds. The third kappa shape index (κ3) is 3.22. The zero-order valence-electron chi connectivity index (χ0n) is 15.3. The van der Waals surface area contributed by atoms with Gasteiger partial charge in [-0.05, 0) is 47.6 Å². The van der Waals surface area contributed by atoms with Gasteiger partial charge < -0.3 is 4.74 Å². The van der Waals surface area contributed by atoms with E-state index in [2.05, 4.69) is 24.3 Å².